The van der Waals surface area contributed by atoms with E-state index in [9.17, 15) is 13.6 Å². The Balaban J connectivity index is 0.00000300. The van der Waals surface area contributed by atoms with Crippen molar-refractivity contribution in [1.82, 2.24) is 20.4 Å². The quantitative estimate of drug-likeness (QED) is 0.670. The minimum Gasteiger partial charge on any atom is -0.493 e. The molecule has 0 unspecified atom stereocenters. The highest BCUT2D eigenvalue weighted by molar-refractivity contribution is 5.85. The molecule has 0 saturated carbocycles. The first-order valence-corrected chi connectivity index (χ1v) is 9.06. The van der Waals surface area contributed by atoms with Gasteiger partial charge in [0.05, 0.1) is 19.2 Å². The van der Waals surface area contributed by atoms with Crippen molar-refractivity contribution in [1.29, 1.82) is 0 Å². The minimum atomic E-state index is -2.93. The van der Waals surface area contributed by atoms with Crippen molar-refractivity contribution in [2.45, 2.75) is 19.0 Å². The summed E-state index contributed by atoms with van der Waals surface area (Å²) in [5.74, 6) is 0.109. The molecule has 2 N–H and O–H groups in total. The molecule has 2 atom stereocenters. The third-order valence-electron chi connectivity index (χ3n) is 4.86. The predicted octanol–water partition coefficient (Wildman–Crippen LogP) is 2.11. The Morgan fingerprint density at radius 2 is 2.17 bits per heavy atom. The van der Waals surface area contributed by atoms with Gasteiger partial charge >= 0.3 is 6.61 Å². The van der Waals surface area contributed by atoms with Gasteiger partial charge in [0.1, 0.15) is 0 Å². The summed E-state index contributed by atoms with van der Waals surface area (Å²) in [7, 11) is 3.24. The van der Waals surface area contributed by atoms with Gasteiger partial charge in [0, 0.05) is 38.8 Å². The lowest BCUT2D eigenvalue weighted by Gasteiger charge is -2.17. The predicted molar refractivity (Wildman–Crippen MR) is 106 cm³/mol. The number of aryl methyl sites for hydroxylation is 1. The smallest absolute Gasteiger partial charge is 0.387 e. The highest BCUT2D eigenvalue weighted by atomic mass is 35.5. The molecule has 1 aromatic heterocycles. The molecule has 1 amide bonds. The summed E-state index contributed by atoms with van der Waals surface area (Å²) in [5.41, 5.74) is 1.81. The number of ether oxygens (including phenoxy) is 2. The van der Waals surface area contributed by atoms with E-state index in [1.54, 1.807) is 23.0 Å². The number of carbonyl (C=O) groups excluding carboxylic acids is 1. The normalized spacial score (nSPS) is 18.4. The fraction of sp³-hybridized carbons (Fsp3) is 0.474. The summed E-state index contributed by atoms with van der Waals surface area (Å²) in [6, 6.07) is 4.85. The summed E-state index contributed by atoms with van der Waals surface area (Å²) >= 11 is 0. The maximum atomic E-state index is 12.6. The second-order valence-corrected chi connectivity index (χ2v) is 6.72. The fourth-order valence-electron chi connectivity index (χ4n) is 3.46. The number of nitrogens with zero attached hydrogens (tertiary/aromatic N) is 2. The lowest BCUT2D eigenvalue weighted by atomic mass is 9.90. The third kappa shape index (κ3) is 5.80. The van der Waals surface area contributed by atoms with E-state index in [2.05, 4.69) is 20.5 Å². The first-order valence-electron chi connectivity index (χ1n) is 9.06. The highest BCUT2D eigenvalue weighted by Gasteiger charge is 2.34. The van der Waals surface area contributed by atoms with E-state index < -0.39 is 6.61 Å². The van der Waals surface area contributed by atoms with Gasteiger partial charge in [0.25, 0.3) is 0 Å². The lowest BCUT2D eigenvalue weighted by molar-refractivity contribution is -0.124. The number of rotatable bonds is 8. The van der Waals surface area contributed by atoms with E-state index in [0.717, 1.165) is 17.7 Å². The van der Waals surface area contributed by atoms with Crippen LogP contribution in [0, 0.1) is 5.92 Å². The largest absolute Gasteiger partial charge is 0.493 e. The van der Waals surface area contributed by atoms with Gasteiger partial charge in [0.2, 0.25) is 5.91 Å². The number of hydrogen-bond donors (Lipinski definition) is 2. The van der Waals surface area contributed by atoms with E-state index in [0.29, 0.717) is 19.5 Å². The van der Waals surface area contributed by atoms with Crippen LogP contribution in [0.15, 0.2) is 30.6 Å². The Hall–Kier alpha value is -2.39. The zero-order valence-electron chi connectivity index (χ0n) is 16.2. The van der Waals surface area contributed by atoms with Gasteiger partial charge in [-0.25, -0.2) is 0 Å². The van der Waals surface area contributed by atoms with Crippen molar-refractivity contribution in [3.05, 3.63) is 41.7 Å². The number of hydrogen-bond acceptors (Lipinski definition) is 5. The second-order valence-electron chi connectivity index (χ2n) is 6.72. The molecule has 0 bridgehead atoms. The molecule has 2 aromatic rings. The Morgan fingerprint density at radius 1 is 1.38 bits per heavy atom. The number of aromatic nitrogens is 2. The van der Waals surface area contributed by atoms with Crippen molar-refractivity contribution >= 4 is 18.3 Å². The van der Waals surface area contributed by atoms with Crippen LogP contribution < -0.4 is 20.1 Å². The van der Waals surface area contributed by atoms with Gasteiger partial charge in [-0.1, -0.05) is 6.07 Å². The summed E-state index contributed by atoms with van der Waals surface area (Å²) in [4.78, 5) is 12.6. The van der Waals surface area contributed by atoms with Gasteiger partial charge in [-0.05, 0) is 29.7 Å². The first-order chi connectivity index (χ1) is 13.5. The van der Waals surface area contributed by atoms with Crippen LogP contribution in [0.4, 0.5) is 8.78 Å². The molecule has 10 heteroatoms. The SMILES string of the molecule is COc1ccc(CCNC(=O)[C@H]2CNC[C@@H]2c2cnn(C)c2)cc1OC(F)F.Cl. The molecule has 0 radical (unpaired) electrons. The molecule has 1 aliphatic heterocycles. The van der Waals surface area contributed by atoms with Crippen LogP contribution in [0.3, 0.4) is 0 Å². The molecule has 2 heterocycles. The van der Waals surface area contributed by atoms with E-state index >= 15 is 0 Å². The summed E-state index contributed by atoms with van der Waals surface area (Å²) in [6.07, 6.45) is 4.22. The molecule has 0 spiro atoms. The highest BCUT2D eigenvalue weighted by Crippen LogP contribution is 2.30. The molecule has 1 aromatic carbocycles. The molecule has 1 aliphatic rings. The van der Waals surface area contributed by atoms with Crippen LogP contribution in [-0.2, 0) is 18.3 Å². The molecular weight excluding hydrogens is 406 g/mol. The van der Waals surface area contributed by atoms with Crippen molar-refractivity contribution in [3.63, 3.8) is 0 Å². The fourth-order valence-corrected chi connectivity index (χ4v) is 3.46. The van der Waals surface area contributed by atoms with Gasteiger partial charge in [-0.15, -0.1) is 12.4 Å². The van der Waals surface area contributed by atoms with Crippen LogP contribution in [-0.4, -0.2) is 49.0 Å². The topological polar surface area (TPSA) is 77.4 Å². The summed E-state index contributed by atoms with van der Waals surface area (Å²) < 4.78 is 36.3. The molecule has 160 valence electrons. The third-order valence-corrected chi connectivity index (χ3v) is 4.86. The van der Waals surface area contributed by atoms with Gasteiger partial charge in [0.15, 0.2) is 11.5 Å². The monoisotopic (exact) mass is 430 g/mol. The van der Waals surface area contributed by atoms with Crippen LogP contribution in [0.2, 0.25) is 0 Å². The van der Waals surface area contributed by atoms with Crippen molar-refractivity contribution in [2.24, 2.45) is 13.0 Å². The zero-order chi connectivity index (χ0) is 20.1. The number of benzene rings is 1. The Kier molecular flexibility index (Phi) is 8.21. The molecule has 1 saturated heterocycles. The van der Waals surface area contributed by atoms with E-state index in [1.807, 2.05) is 13.2 Å². The van der Waals surface area contributed by atoms with E-state index in [-0.39, 0.29) is 41.6 Å². The average Bonchev–Trinajstić information content (AvgIpc) is 3.30. The standard InChI is InChI=1S/C19H24F2N4O3.ClH/c1-25-11-13(8-24-25)14-9-22-10-15(14)18(26)23-6-5-12-3-4-16(27-2)17(7-12)28-19(20)21;/h3-4,7-8,11,14-15,19,22H,5-6,9-10H2,1-2H3,(H,23,26);1H/t14-,15+;/m1./s1. The average molecular weight is 431 g/mol. The number of halogens is 3. The number of alkyl halides is 2. The van der Waals surface area contributed by atoms with Gasteiger partial charge in [-0.2, -0.15) is 13.9 Å². The summed E-state index contributed by atoms with van der Waals surface area (Å²) in [5, 5.41) is 10.4. The van der Waals surface area contributed by atoms with Crippen LogP contribution in [0.1, 0.15) is 17.0 Å². The van der Waals surface area contributed by atoms with Crippen molar-refractivity contribution in [3.8, 4) is 11.5 Å². The number of nitrogens with one attached hydrogen (secondary N) is 2. The van der Waals surface area contributed by atoms with Gasteiger partial charge in [-0.3, -0.25) is 9.48 Å². The van der Waals surface area contributed by atoms with Crippen LogP contribution >= 0.6 is 12.4 Å². The van der Waals surface area contributed by atoms with Gasteiger partial charge < -0.3 is 20.1 Å². The zero-order valence-corrected chi connectivity index (χ0v) is 17.0. The molecule has 0 aliphatic carbocycles. The Labute approximate surface area is 174 Å². The number of amides is 1. The van der Waals surface area contributed by atoms with Crippen molar-refractivity contribution < 1.29 is 23.0 Å². The summed E-state index contributed by atoms with van der Waals surface area (Å²) in [6.45, 7) is -1.19. The molecule has 29 heavy (non-hydrogen) atoms. The molecule has 1 fully saturated rings. The second kappa shape index (κ2) is 10.4. The Bertz CT molecular complexity index is 819. The molecule has 3 rings (SSSR count). The lowest BCUT2D eigenvalue weighted by Crippen LogP contribution is -2.35. The number of carbonyl (C=O) groups is 1. The van der Waals surface area contributed by atoms with E-state index in [1.165, 1.54) is 13.2 Å². The molecule has 7 nitrogen and oxygen atoms in total. The maximum Gasteiger partial charge on any atom is 0.387 e. The first kappa shape index (κ1) is 22.9. The number of methoxy groups -OCH3 is 1. The van der Waals surface area contributed by atoms with Crippen molar-refractivity contribution in [2.75, 3.05) is 26.7 Å². The van der Waals surface area contributed by atoms with Crippen LogP contribution in [0.5, 0.6) is 11.5 Å². The minimum absolute atomic E-state index is 0. The maximum absolute atomic E-state index is 12.6. The van der Waals surface area contributed by atoms with E-state index in [4.69, 9.17) is 4.74 Å². The Morgan fingerprint density at radius 3 is 2.83 bits per heavy atom. The van der Waals surface area contributed by atoms with Crippen LogP contribution in [0.25, 0.3) is 0 Å². The molecular formula is C19H25ClF2N4O3.